The Balaban J connectivity index is 2.14. The molecule has 2 rings (SSSR count). The number of nitrogens with zero attached hydrogens (tertiary/aromatic N) is 2. The molecule has 0 aromatic carbocycles. The molecule has 16 heavy (non-hydrogen) atoms. The van der Waals surface area contributed by atoms with Gasteiger partial charge in [-0.25, -0.2) is 9.97 Å². The second kappa shape index (κ2) is 4.57. The zero-order chi connectivity index (χ0) is 11.4. The average Bonchev–Trinajstić information content (AvgIpc) is 2.79. The minimum Gasteiger partial charge on any atom is -0.467 e. The van der Waals surface area contributed by atoms with Crippen LogP contribution in [0.25, 0.3) is 0 Å². The number of nitrogens with one attached hydrogen (secondary N) is 1. The van der Waals surface area contributed by atoms with Gasteiger partial charge >= 0.3 is 0 Å². The topological polar surface area (TPSA) is 68.0 Å². The van der Waals surface area contributed by atoms with Crippen LogP contribution in [0.2, 0.25) is 0 Å². The number of rotatable bonds is 4. The summed E-state index contributed by atoms with van der Waals surface area (Å²) < 4.78 is 5.16. The molecule has 2 heterocycles. The van der Waals surface area contributed by atoms with E-state index in [4.69, 9.17) is 4.42 Å². The summed E-state index contributed by atoms with van der Waals surface area (Å²) in [6.45, 7) is 2.26. The number of aldehydes is 1. The summed E-state index contributed by atoms with van der Waals surface area (Å²) in [5.74, 6) is 1.93. The van der Waals surface area contributed by atoms with Gasteiger partial charge in [0.05, 0.1) is 18.4 Å². The molecule has 5 heteroatoms. The molecule has 0 spiro atoms. The van der Waals surface area contributed by atoms with Gasteiger partial charge < -0.3 is 9.73 Å². The van der Waals surface area contributed by atoms with Crippen LogP contribution in [0.5, 0.6) is 0 Å². The van der Waals surface area contributed by atoms with Crippen LogP contribution in [-0.4, -0.2) is 16.3 Å². The Morgan fingerprint density at radius 2 is 2.44 bits per heavy atom. The maximum Gasteiger partial charge on any atom is 0.155 e. The third-order valence-electron chi connectivity index (χ3n) is 2.07. The minimum atomic E-state index is 0.442. The molecule has 82 valence electrons. The normalized spacial score (nSPS) is 10.1. The van der Waals surface area contributed by atoms with Crippen LogP contribution >= 0.6 is 0 Å². The zero-order valence-corrected chi connectivity index (χ0v) is 8.80. The molecule has 0 aliphatic rings. The number of carbonyl (C=O) groups excluding carboxylic acids is 1. The predicted molar refractivity (Wildman–Crippen MR) is 58.2 cm³/mol. The van der Waals surface area contributed by atoms with Crippen molar-refractivity contribution in [2.75, 3.05) is 5.32 Å². The van der Waals surface area contributed by atoms with Gasteiger partial charge in [-0.05, 0) is 19.1 Å². The van der Waals surface area contributed by atoms with Crippen molar-refractivity contribution >= 4 is 12.1 Å². The SMILES string of the molecule is Cc1ncc(C=O)c(NCc2ccco2)n1. The van der Waals surface area contributed by atoms with E-state index in [9.17, 15) is 4.79 Å². The monoisotopic (exact) mass is 217 g/mol. The van der Waals surface area contributed by atoms with E-state index in [1.807, 2.05) is 12.1 Å². The van der Waals surface area contributed by atoms with Gasteiger partial charge in [0.25, 0.3) is 0 Å². The lowest BCUT2D eigenvalue weighted by Gasteiger charge is -2.06. The number of aryl methyl sites for hydroxylation is 1. The van der Waals surface area contributed by atoms with Crippen molar-refractivity contribution in [2.24, 2.45) is 0 Å². The molecule has 0 atom stereocenters. The summed E-state index contributed by atoms with van der Waals surface area (Å²) in [6, 6.07) is 3.66. The van der Waals surface area contributed by atoms with Gasteiger partial charge in [-0.1, -0.05) is 0 Å². The van der Waals surface area contributed by atoms with Crippen molar-refractivity contribution < 1.29 is 9.21 Å². The van der Waals surface area contributed by atoms with E-state index >= 15 is 0 Å². The number of furan rings is 1. The lowest BCUT2D eigenvalue weighted by atomic mass is 10.3. The fourth-order valence-electron chi connectivity index (χ4n) is 1.29. The average molecular weight is 217 g/mol. The molecule has 1 N–H and O–H groups in total. The Hall–Kier alpha value is -2.17. The van der Waals surface area contributed by atoms with Crippen LogP contribution in [0, 0.1) is 6.92 Å². The molecule has 2 aromatic rings. The highest BCUT2D eigenvalue weighted by Gasteiger charge is 2.04. The standard InChI is InChI=1S/C11H11N3O2/c1-8-12-5-9(7-15)11(14-8)13-6-10-3-2-4-16-10/h2-5,7H,6H2,1H3,(H,12,13,14). The predicted octanol–water partition coefficient (Wildman–Crippen LogP) is 1.80. The second-order valence-corrected chi connectivity index (χ2v) is 3.27. The summed E-state index contributed by atoms with van der Waals surface area (Å²) >= 11 is 0. The first-order chi connectivity index (χ1) is 7.79. The van der Waals surface area contributed by atoms with Crippen LogP contribution in [0.3, 0.4) is 0 Å². The van der Waals surface area contributed by atoms with Gasteiger partial charge in [0.2, 0.25) is 0 Å². The van der Waals surface area contributed by atoms with Crippen LogP contribution in [0.4, 0.5) is 5.82 Å². The van der Waals surface area contributed by atoms with Crippen molar-refractivity contribution in [3.05, 3.63) is 41.7 Å². The fourth-order valence-corrected chi connectivity index (χ4v) is 1.29. The molecule has 0 saturated heterocycles. The molecule has 5 nitrogen and oxygen atoms in total. The quantitative estimate of drug-likeness (QED) is 0.791. The Bertz CT molecular complexity index is 480. The van der Waals surface area contributed by atoms with E-state index in [-0.39, 0.29) is 0 Å². The highest BCUT2D eigenvalue weighted by atomic mass is 16.3. The summed E-state index contributed by atoms with van der Waals surface area (Å²) in [7, 11) is 0. The first-order valence-electron chi connectivity index (χ1n) is 4.84. The maximum atomic E-state index is 10.8. The summed E-state index contributed by atoms with van der Waals surface area (Å²) in [4.78, 5) is 18.9. The van der Waals surface area contributed by atoms with E-state index in [2.05, 4.69) is 15.3 Å². The molecule has 0 radical (unpaired) electrons. The van der Waals surface area contributed by atoms with E-state index < -0.39 is 0 Å². The van der Waals surface area contributed by atoms with E-state index in [0.29, 0.717) is 23.8 Å². The van der Waals surface area contributed by atoms with Crippen LogP contribution in [0.1, 0.15) is 21.9 Å². The molecule has 0 aliphatic heterocycles. The summed E-state index contributed by atoms with van der Waals surface area (Å²) in [5.41, 5.74) is 0.442. The molecule has 0 unspecified atom stereocenters. The Morgan fingerprint density at radius 1 is 1.56 bits per heavy atom. The molecular weight excluding hydrogens is 206 g/mol. The minimum absolute atomic E-state index is 0.442. The first-order valence-corrected chi connectivity index (χ1v) is 4.84. The maximum absolute atomic E-state index is 10.8. The van der Waals surface area contributed by atoms with Gasteiger partial charge in [-0.15, -0.1) is 0 Å². The second-order valence-electron chi connectivity index (χ2n) is 3.27. The zero-order valence-electron chi connectivity index (χ0n) is 8.80. The van der Waals surface area contributed by atoms with Crippen molar-refractivity contribution in [2.45, 2.75) is 13.5 Å². The van der Waals surface area contributed by atoms with Crippen LogP contribution in [0.15, 0.2) is 29.0 Å². The van der Waals surface area contributed by atoms with E-state index in [0.717, 1.165) is 12.0 Å². The third kappa shape index (κ3) is 2.25. The molecule has 0 saturated carbocycles. The number of carbonyl (C=O) groups is 1. The third-order valence-corrected chi connectivity index (χ3v) is 2.07. The van der Waals surface area contributed by atoms with Gasteiger partial charge in [0.1, 0.15) is 17.4 Å². The van der Waals surface area contributed by atoms with Gasteiger partial charge in [-0.2, -0.15) is 0 Å². The Morgan fingerprint density at radius 3 is 3.12 bits per heavy atom. The summed E-state index contributed by atoms with van der Waals surface area (Å²) in [5, 5.41) is 3.03. The number of hydrogen-bond acceptors (Lipinski definition) is 5. The molecule has 0 fully saturated rings. The molecule has 0 bridgehead atoms. The first kappa shape index (κ1) is 10.4. The van der Waals surface area contributed by atoms with E-state index in [1.54, 1.807) is 13.2 Å². The van der Waals surface area contributed by atoms with Gasteiger partial charge in [0, 0.05) is 6.20 Å². The van der Waals surface area contributed by atoms with Gasteiger partial charge in [-0.3, -0.25) is 4.79 Å². The number of anilines is 1. The molecular formula is C11H11N3O2. The Labute approximate surface area is 92.5 Å². The summed E-state index contributed by atoms with van der Waals surface area (Å²) in [6.07, 6.45) is 3.83. The smallest absolute Gasteiger partial charge is 0.155 e. The fraction of sp³-hybridized carbons (Fsp3) is 0.182. The Kier molecular flexibility index (Phi) is 2.95. The van der Waals surface area contributed by atoms with Crippen LogP contribution < -0.4 is 5.32 Å². The number of aromatic nitrogens is 2. The lowest BCUT2D eigenvalue weighted by Crippen LogP contribution is -2.05. The lowest BCUT2D eigenvalue weighted by molar-refractivity contribution is 0.112. The van der Waals surface area contributed by atoms with Crippen molar-refractivity contribution in [1.82, 2.24) is 9.97 Å². The highest BCUT2D eigenvalue weighted by Crippen LogP contribution is 2.11. The highest BCUT2D eigenvalue weighted by molar-refractivity contribution is 5.81. The van der Waals surface area contributed by atoms with Crippen molar-refractivity contribution in [3.8, 4) is 0 Å². The van der Waals surface area contributed by atoms with Crippen LogP contribution in [-0.2, 0) is 6.54 Å². The molecule has 0 aliphatic carbocycles. The van der Waals surface area contributed by atoms with Crippen molar-refractivity contribution in [1.29, 1.82) is 0 Å². The molecule has 2 aromatic heterocycles. The molecule has 0 amide bonds. The van der Waals surface area contributed by atoms with Gasteiger partial charge in [0.15, 0.2) is 6.29 Å². The largest absolute Gasteiger partial charge is 0.467 e. The van der Waals surface area contributed by atoms with Crippen molar-refractivity contribution in [3.63, 3.8) is 0 Å². The number of hydrogen-bond donors (Lipinski definition) is 1. The van der Waals surface area contributed by atoms with E-state index in [1.165, 1.54) is 6.20 Å².